The Labute approximate surface area is 555 Å². The summed E-state index contributed by atoms with van der Waals surface area (Å²) >= 11 is 13.3. The first-order valence-electron chi connectivity index (χ1n) is 34.2. The van der Waals surface area contributed by atoms with Crippen molar-refractivity contribution in [2.75, 3.05) is 11.8 Å². The molecule has 0 radical (unpaired) electrons. The minimum Gasteiger partial charge on any atom is -0.354 e. The van der Waals surface area contributed by atoms with Gasteiger partial charge in [-0.3, -0.25) is 0 Å². The van der Waals surface area contributed by atoms with E-state index in [2.05, 4.69) is 204 Å². The summed E-state index contributed by atoms with van der Waals surface area (Å²) in [4.78, 5) is 38.3. The van der Waals surface area contributed by atoms with Gasteiger partial charge in [0.15, 0.2) is 0 Å². The number of benzene rings is 2. The fraction of sp³-hybridized carbons (Fsp3) is 0.366. The number of halogens is 2. The van der Waals surface area contributed by atoms with Crippen molar-refractivity contribution >= 4 is 112 Å². The Bertz CT molecular complexity index is 4260. The van der Waals surface area contributed by atoms with E-state index in [1.54, 1.807) is 0 Å². The summed E-state index contributed by atoms with van der Waals surface area (Å²) in [5, 5.41) is 0. The Kier molecular flexibility index (Phi) is 18.4. The number of aromatic amines is 4. The van der Waals surface area contributed by atoms with Crippen LogP contribution in [0, 0.1) is 27.7 Å². The summed E-state index contributed by atoms with van der Waals surface area (Å²) in [7, 11) is 0. The third-order valence-electron chi connectivity index (χ3n) is 21.1. The average molecular weight is 1260 g/mol. The van der Waals surface area contributed by atoms with Gasteiger partial charge in [-0.1, -0.05) is 104 Å². The molecule has 4 N–H and O–H groups in total. The number of rotatable bonds is 17. The van der Waals surface area contributed by atoms with Crippen molar-refractivity contribution in [1.82, 2.24) is 39.9 Å². The second kappa shape index (κ2) is 26.3. The van der Waals surface area contributed by atoms with Crippen molar-refractivity contribution in [2.24, 2.45) is 0 Å². The maximum absolute atomic E-state index is 6.67. The smallest absolute Gasteiger partial charge is 0.0726 e. The molecule has 0 aliphatic carbocycles. The van der Waals surface area contributed by atoms with E-state index in [0.29, 0.717) is 24.6 Å². The molecular weight excluding hydrogens is 1170 g/mol. The lowest BCUT2D eigenvalue weighted by atomic mass is 9.94. The van der Waals surface area contributed by atoms with Crippen LogP contribution in [0.15, 0.2) is 72.8 Å². The maximum atomic E-state index is 6.67. The fourth-order valence-electron chi connectivity index (χ4n) is 15.7. The molecule has 0 saturated carbocycles. The van der Waals surface area contributed by atoms with Gasteiger partial charge in [0.2, 0.25) is 0 Å². The monoisotopic (exact) mass is 1260 g/mol. The number of aromatic nitrogens is 8. The van der Waals surface area contributed by atoms with Crippen LogP contribution in [-0.4, -0.2) is 51.6 Å². The van der Waals surface area contributed by atoms with Crippen molar-refractivity contribution in [1.29, 1.82) is 0 Å². The van der Waals surface area contributed by atoms with Gasteiger partial charge in [0, 0.05) is 56.1 Å². The molecule has 0 atom stereocenters. The van der Waals surface area contributed by atoms with E-state index in [0.717, 1.165) is 165 Å². The molecule has 10 heterocycles. The topological polar surface area (TPSA) is 115 Å². The molecule has 0 amide bonds. The largest absolute Gasteiger partial charge is 0.354 e. The number of hydrogen-bond acceptors (Lipinski definition) is 4. The molecule has 16 bridgehead atoms. The molecule has 0 spiro atoms. The Morgan fingerprint density at radius 1 is 0.304 bits per heavy atom. The molecule has 8 aromatic rings. The molecule has 8 nitrogen and oxygen atoms in total. The van der Waals surface area contributed by atoms with E-state index in [1.807, 2.05) is 0 Å². The zero-order valence-electron chi connectivity index (χ0n) is 57.4. The van der Waals surface area contributed by atoms with Crippen molar-refractivity contribution < 1.29 is 0 Å². The maximum Gasteiger partial charge on any atom is 0.0726 e. The summed E-state index contributed by atoms with van der Waals surface area (Å²) in [6.45, 7) is 36.2. The zero-order valence-corrected chi connectivity index (χ0v) is 58.9. The van der Waals surface area contributed by atoms with Crippen LogP contribution in [0.4, 0.5) is 0 Å². The first kappa shape index (κ1) is 64.3. The average Bonchev–Trinajstić information content (AvgIpc) is 1.65. The molecule has 12 rings (SSSR count). The Morgan fingerprint density at radius 2 is 0.543 bits per heavy atom. The van der Waals surface area contributed by atoms with E-state index in [9.17, 15) is 0 Å². The Balaban J connectivity index is 0.975. The first-order chi connectivity index (χ1) is 44.5. The standard InChI is InChI=1S/C82H92Cl2N8/c1-17-55-43(9)65-39-69-47(13)59(21-5)79(89-69)73(80-60(22-6)48(14)70(90-80)40-66-44(10)56(18-2)76(86-66)63(35-37-83)75(55)85-65)53-31-27-51(28-32-53)25-26-52-29-33-54(34-30-52)74-81-61(23-7)49(15)71(91-81)41-67-45(11)57(19-3)77(87-67)64(36-38-84)78-58(20-4)46(12)68(88-78)42-72-50(16)62(24-8)82(74)92-72/h27-34,39-42,89-92H,17-26,35-38H2,1-16H3. The zero-order chi connectivity index (χ0) is 65.1. The summed E-state index contributed by atoms with van der Waals surface area (Å²) < 4.78 is 0. The third-order valence-corrected chi connectivity index (χ3v) is 21.4. The number of allylic oxidation sites excluding steroid dienone is 8. The highest BCUT2D eigenvalue weighted by Crippen LogP contribution is 2.45. The minimum absolute atomic E-state index is 0.496. The van der Waals surface area contributed by atoms with Gasteiger partial charge in [-0.05, 0) is 268 Å². The number of alkyl halides is 2. The summed E-state index contributed by atoms with van der Waals surface area (Å²) in [5.74, 6) is 0.992. The number of hydrogen-bond donors (Lipinski definition) is 4. The van der Waals surface area contributed by atoms with Crippen LogP contribution >= 0.6 is 23.2 Å². The van der Waals surface area contributed by atoms with Crippen molar-refractivity contribution in [2.45, 2.75) is 188 Å². The van der Waals surface area contributed by atoms with E-state index in [-0.39, 0.29) is 0 Å². The van der Waals surface area contributed by atoms with Gasteiger partial charge >= 0.3 is 0 Å². The van der Waals surface area contributed by atoms with Gasteiger partial charge in [0.25, 0.3) is 0 Å². The quantitative estimate of drug-likeness (QED) is 0.0680. The molecule has 474 valence electrons. The molecule has 0 unspecified atom stereocenters. The lowest BCUT2D eigenvalue weighted by Gasteiger charge is -2.10. The van der Waals surface area contributed by atoms with E-state index in [1.165, 1.54) is 122 Å². The van der Waals surface area contributed by atoms with Crippen molar-refractivity contribution in [3.8, 4) is 22.3 Å². The van der Waals surface area contributed by atoms with Gasteiger partial charge in [-0.2, -0.15) is 0 Å². The predicted molar refractivity (Wildman–Crippen MR) is 397 cm³/mol. The Hall–Kier alpha value is -7.78. The van der Waals surface area contributed by atoms with Crippen LogP contribution < -0.4 is 0 Å². The van der Waals surface area contributed by atoms with E-state index >= 15 is 0 Å². The van der Waals surface area contributed by atoms with Gasteiger partial charge in [-0.15, -0.1) is 23.2 Å². The number of H-pyrrole nitrogens is 4. The van der Waals surface area contributed by atoms with Crippen LogP contribution in [-0.2, 0) is 51.4 Å². The van der Waals surface area contributed by atoms with Crippen LogP contribution in [0.2, 0.25) is 0 Å². The Morgan fingerprint density at radius 3 is 0.750 bits per heavy atom. The lowest BCUT2D eigenvalue weighted by molar-refractivity contribution is 0.961. The lowest BCUT2D eigenvalue weighted by Crippen LogP contribution is -2.00. The molecule has 2 aromatic carbocycles. The summed E-state index contributed by atoms with van der Waals surface area (Å²) in [6, 6.07) is 28.0. The third kappa shape index (κ3) is 10.9. The van der Waals surface area contributed by atoms with Crippen LogP contribution in [0.1, 0.15) is 221 Å². The molecule has 10 heteroatoms. The van der Waals surface area contributed by atoms with Gasteiger partial charge in [0.1, 0.15) is 0 Å². The molecular formula is C82H92Cl2N8. The molecule has 4 aliphatic heterocycles. The molecule has 92 heavy (non-hydrogen) atoms. The van der Waals surface area contributed by atoms with Gasteiger partial charge < -0.3 is 19.9 Å². The van der Waals surface area contributed by atoms with Crippen LogP contribution in [0.3, 0.4) is 0 Å². The number of aryl methyl sites for hydroxylation is 10. The van der Waals surface area contributed by atoms with E-state index < -0.39 is 0 Å². The molecule has 4 aliphatic rings. The molecule has 0 fully saturated rings. The number of nitrogens with zero attached hydrogens (tertiary/aromatic N) is 4. The highest BCUT2D eigenvalue weighted by Gasteiger charge is 2.29. The minimum atomic E-state index is 0.496. The highest BCUT2D eigenvalue weighted by molar-refractivity contribution is 6.18. The second-order valence-electron chi connectivity index (χ2n) is 25.8. The highest BCUT2D eigenvalue weighted by atomic mass is 35.5. The van der Waals surface area contributed by atoms with Crippen LogP contribution in [0.5, 0.6) is 0 Å². The number of fused-ring (bicyclic) bond motifs is 16. The molecule has 6 aromatic heterocycles. The van der Waals surface area contributed by atoms with Crippen LogP contribution in [0.25, 0.3) is 111 Å². The summed E-state index contributed by atoms with van der Waals surface area (Å²) in [6.07, 6.45) is 10.2. The van der Waals surface area contributed by atoms with Gasteiger partial charge in [-0.25, -0.2) is 19.9 Å². The van der Waals surface area contributed by atoms with E-state index in [4.69, 9.17) is 43.1 Å². The normalized spacial score (nSPS) is 13.5. The van der Waals surface area contributed by atoms with Gasteiger partial charge in [0.05, 0.1) is 67.6 Å². The summed E-state index contributed by atoms with van der Waals surface area (Å²) in [5.41, 5.74) is 46.9. The second-order valence-corrected chi connectivity index (χ2v) is 26.5. The van der Waals surface area contributed by atoms with Crippen molar-refractivity contribution in [3.05, 3.63) is 185 Å². The SMILES string of the molecule is CCC1=C(C)c2cc3[nH]c(c(CC)c3C)c(-c3ccc(CCc4ccc(-c5c6[nH]c(cc7nc(c(CCCl)c8nc(cc9[nH]c5c(CC)c9C)C(C)=C8CC)C(CC)=C7C)c(C)c6CC)cc4)cc3)c3[nH]c(cc4nc(c(CCCl)c1n2)C(CC)=C4C)c(C)c3CC. The van der Waals surface area contributed by atoms with Crippen molar-refractivity contribution in [3.63, 3.8) is 0 Å². The fourth-order valence-corrected chi connectivity index (χ4v) is 16.1. The molecule has 0 saturated heterocycles. The predicted octanol–water partition coefficient (Wildman–Crippen LogP) is 22.5. The number of nitrogens with one attached hydrogen (secondary N) is 4. The first-order valence-corrected chi connectivity index (χ1v) is 35.2.